The Balaban J connectivity index is 1.95. The monoisotopic (exact) mass is 242 g/mol. The summed E-state index contributed by atoms with van der Waals surface area (Å²) in [7, 11) is 1.88. The summed E-state index contributed by atoms with van der Waals surface area (Å²) in [6.45, 7) is 0. The Morgan fingerprint density at radius 2 is 2.17 bits per heavy atom. The Labute approximate surface area is 106 Å². The Hall–Kier alpha value is -1.74. The number of pyridine rings is 1. The largest absolute Gasteiger partial charge is 0.312 e. The van der Waals surface area contributed by atoms with Gasteiger partial charge in [0.05, 0.1) is 6.20 Å². The number of aromatic nitrogens is 1. The fraction of sp³-hybridized carbons (Fsp3) is 0.267. The first-order valence-corrected chi connectivity index (χ1v) is 6.15. The van der Waals surface area contributed by atoms with Crippen molar-refractivity contribution in [1.82, 2.24) is 10.3 Å². The van der Waals surface area contributed by atoms with Crippen LogP contribution in [0.15, 0.2) is 42.7 Å². The molecule has 1 heterocycles. The van der Waals surface area contributed by atoms with Crippen LogP contribution in [0.25, 0.3) is 0 Å². The first-order valence-electron chi connectivity index (χ1n) is 6.15. The molecule has 1 N–H and O–H groups in total. The van der Waals surface area contributed by atoms with E-state index in [1.54, 1.807) is 12.3 Å². The van der Waals surface area contributed by atoms with Crippen molar-refractivity contribution in [3.63, 3.8) is 0 Å². The molecule has 1 aromatic heterocycles. The van der Waals surface area contributed by atoms with E-state index in [4.69, 9.17) is 0 Å². The molecular formula is C15H15FN2. The van der Waals surface area contributed by atoms with Crippen molar-refractivity contribution in [2.24, 2.45) is 0 Å². The predicted molar refractivity (Wildman–Crippen MR) is 68.9 cm³/mol. The normalized spacial score (nSPS) is 18.9. The van der Waals surface area contributed by atoms with E-state index in [2.05, 4.69) is 28.5 Å². The lowest BCUT2D eigenvalue weighted by atomic mass is 9.72. The summed E-state index contributed by atoms with van der Waals surface area (Å²) in [5, 5.41) is 3.23. The Morgan fingerprint density at radius 3 is 2.89 bits per heavy atom. The summed E-state index contributed by atoms with van der Waals surface area (Å²) in [6.07, 6.45) is 3.93. The maximum absolute atomic E-state index is 13.8. The minimum absolute atomic E-state index is 0.0166. The average molecular weight is 242 g/mol. The summed E-state index contributed by atoms with van der Waals surface area (Å²) in [4.78, 5) is 3.81. The highest BCUT2D eigenvalue weighted by molar-refractivity contribution is 5.43. The minimum atomic E-state index is -0.235. The summed E-state index contributed by atoms with van der Waals surface area (Å²) >= 11 is 0. The molecule has 0 spiro atoms. The van der Waals surface area contributed by atoms with Crippen LogP contribution in [0.2, 0.25) is 0 Å². The highest BCUT2D eigenvalue weighted by atomic mass is 19.1. The number of hydrogen-bond acceptors (Lipinski definition) is 2. The molecule has 3 heteroatoms. The van der Waals surface area contributed by atoms with Crippen molar-refractivity contribution in [3.05, 3.63) is 65.2 Å². The van der Waals surface area contributed by atoms with Gasteiger partial charge in [0.25, 0.3) is 0 Å². The molecule has 18 heavy (non-hydrogen) atoms. The molecule has 2 aromatic rings. The molecule has 2 nitrogen and oxygen atoms in total. The fourth-order valence-corrected chi connectivity index (χ4v) is 2.81. The number of benzene rings is 1. The Bertz CT molecular complexity index is 568. The molecule has 0 bridgehead atoms. The van der Waals surface area contributed by atoms with Gasteiger partial charge in [-0.3, -0.25) is 4.98 Å². The summed E-state index contributed by atoms with van der Waals surface area (Å²) in [5.41, 5.74) is 3.40. The van der Waals surface area contributed by atoms with E-state index in [-0.39, 0.29) is 11.9 Å². The van der Waals surface area contributed by atoms with Gasteiger partial charge in [-0.1, -0.05) is 24.3 Å². The summed E-state index contributed by atoms with van der Waals surface area (Å²) in [6, 6.07) is 10.1. The van der Waals surface area contributed by atoms with Crippen molar-refractivity contribution < 1.29 is 4.39 Å². The molecule has 2 atom stereocenters. The van der Waals surface area contributed by atoms with E-state index in [9.17, 15) is 4.39 Å². The van der Waals surface area contributed by atoms with Gasteiger partial charge in [0, 0.05) is 23.7 Å². The third-order valence-electron chi connectivity index (χ3n) is 3.75. The minimum Gasteiger partial charge on any atom is -0.312 e. The Morgan fingerprint density at radius 1 is 1.33 bits per heavy atom. The van der Waals surface area contributed by atoms with Gasteiger partial charge in [-0.25, -0.2) is 4.39 Å². The average Bonchev–Trinajstić information content (AvgIpc) is 2.37. The molecule has 92 valence electrons. The topological polar surface area (TPSA) is 24.9 Å². The summed E-state index contributed by atoms with van der Waals surface area (Å²) < 4.78 is 13.8. The first-order chi connectivity index (χ1) is 8.81. The van der Waals surface area contributed by atoms with Crippen LogP contribution in [-0.2, 0) is 6.42 Å². The lowest BCUT2D eigenvalue weighted by Crippen LogP contribution is -2.31. The molecule has 0 radical (unpaired) electrons. The van der Waals surface area contributed by atoms with E-state index in [0.29, 0.717) is 11.5 Å². The molecule has 1 aliphatic rings. The number of nitrogens with one attached hydrogen (secondary N) is 1. The van der Waals surface area contributed by atoms with Crippen LogP contribution in [0.5, 0.6) is 0 Å². The molecule has 2 unspecified atom stereocenters. The van der Waals surface area contributed by atoms with Gasteiger partial charge in [0.1, 0.15) is 5.82 Å². The second-order valence-corrected chi connectivity index (χ2v) is 4.67. The summed E-state index contributed by atoms with van der Waals surface area (Å²) in [5.74, 6) is 0.115. The molecule has 0 fully saturated rings. The maximum Gasteiger partial charge on any atom is 0.146 e. The van der Waals surface area contributed by atoms with Crippen molar-refractivity contribution in [3.8, 4) is 0 Å². The van der Waals surface area contributed by atoms with Crippen LogP contribution in [0.3, 0.4) is 0 Å². The lowest BCUT2D eigenvalue weighted by Gasteiger charge is -2.36. The van der Waals surface area contributed by atoms with Crippen molar-refractivity contribution in [2.75, 3.05) is 7.05 Å². The predicted octanol–water partition coefficient (Wildman–Crippen LogP) is 2.82. The number of halogens is 1. The highest BCUT2D eigenvalue weighted by Crippen LogP contribution is 2.43. The third kappa shape index (κ3) is 1.71. The molecule has 0 saturated heterocycles. The maximum atomic E-state index is 13.8. The smallest absolute Gasteiger partial charge is 0.146 e. The molecule has 3 rings (SSSR count). The van der Waals surface area contributed by atoms with Gasteiger partial charge in [-0.15, -0.1) is 0 Å². The number of hydrogen-bond donors (Lipinski definition) is 1. The van der Waals surface area contributed by atoms with Crippen molar-refractivity contribution in [1.29, 1.82) is 0 Å². The Kier molecular flexibility index (Phi) is 2.84. The first kappa shape index (κ1) is 11.4. The molecule has 0 amide bonds. The van der Waals surface area contributed by atoms with Crippen LogP contribution in [0.1, 0.15) is 28.7 Å². The highest BCUT2D eigenvalue weighted by Gasteiger charge is 2.33. The van der Waals surface area contributed by atoms with Gasteiger partial charge in [0.15, 0.2) is 0 Å². The number of fused-ring (bicyclic) bond motifs is 1. The van der Waals surface area contributed by atoms with Crippen LogP contribution in [0.4, 0.5) is 4.39 Å². The van der Waals surface area contributed by atoms with E-state index < -0.39 is 0 Å². The zero-order valence-corrected chi connectivity index (χ0v) is 10.2. The number of rotatable bonds is 3. The molecule has 1 aromatic carbocycles. The lowest BCUT2D eigenvalue weighted by molar-refractivity contribution is 0.421. The van der Waals surface area contributed by atoms with Gasteiger partial charge in [-0.05, 0) is 30.7 Å². The van der Waals surface area contributed by atoms with Crippen LogP contribution < -0.4 is 5.32 Å². The van der Waals surface area contributed by atoms with Crippen molar-refractivity contribution >= 4 is 0 Å². The quantitative estimate of drug-likeness (QED) is 0.895. The molecule has 1 aliphatic carbocycles. The zero-order chi connectivity index (χ0) is 12.5. The van der Waals surface area contributed by atoms with Gasteiger partial charge >= 0.3 is 0 Å². The van der Waals surface area contributed by atoms with Crippen molar-refractivity contribution in [2.45, 2.75) is 18.4 Å². The van der Waals surface area contributed by atoms with Gasteiger partial charge < -0.3 is 5.32 Å². The number of nitrogens with zero attached hydrogens (tertiary/aromatic N) is 1. The van der Waals surface area contributed by atoms with E-state index in [0.717, 1.165) is 6.42 Å². The van der Waals surface area contributed by atoms with Crippen LogP contribution >= 0.6 is 0 Å². The fourth-order valence-electron chi connectivity index (χ4n) is 2.81. The van der Waals surface area contributed by atoms with Crippen LogP contribution in [-0.4, -0.2) is 12.0 Å². The second-order valence-electron chi connectivity index (χ2n) is 4.67. The molecule has 0 aliphatic heterocycles. The standard InChI is InChI=1S/C15H15FN2/c1-17-15(12-6-7-18-9-14(12)16)13-8-10-4-2-3-5-11(10)13/h2-7,9,13,15,17H,8H2,1H3. The van der Waals surface area contributed by atoms with E-state index in [1.165, 1.54) is 17.3 Å². The van der Waals surface area contributed by atoms with Crippen LogP contribution in [0, 0.1) is 5.82 Å². The van der Waals surface area contributed by atoms with E-state index in [1.807, 2.05) is 13.1 Å². The zero-order valence-electron chi connectivity index (χ0n) is 10.2. The SMILES string of the molecule is CNC(c1ccncc1F)C1Cc2ccccc21. The molecule has 0 saturated carbocycles. The van der Waals surface area contributed by atoms with Gasteiger partial charge in [0.2, 0.25) is 0 Å². The third-order valence-corrected chi connectivity index (χ3v) is 3.75. The van der Waals surface area contributed by atoms with Gasteiger partial charge in [-0.2, -0.15) is 0 Å². The number of likely N-dealkylation sites (N-methyl/N-ethyl adjacent to an activating group) is 1. The molecular weight excluding hydrogens is 227 g/mol. The second kappa shape index (κ2) is 4.50. The van der Waals surface area contributed by atoms with E-state index >= 15 is 0 Å².